The average molecular weight is 535 g/mol. The van der Waals surface area contributed by atoms with E-state index in [4.69, 9.17) is 35.0 Å². The molecule has 4 N–H and O–H groups in total. The van der Waals surface area contributed by atoms with Crippen molar-refractivity contribution in [3.05, 3.63) is 54.0 Å². The number of carbonyl (C=O) groups excluding carboxylic acids is 1. The summed E-state index contributed by atoms with van der Waals surface area (Å²) in [6.07, 6.45) is 3.40. The Morgan fingerprint density at radius 2 is 1.74 bits per heavy atom. The molecule has 0 spiro atoms. The van der Waals surface area contributed by atoms with E-state index in [-0.39, 0.29) is 30.5 Å². The fourth-order valence-corrected chi connectivity index (χ4v) is 4.06. The molecule has 0 saturated carbocycles. The van der Waals surface area contributed by atoms with E-state index >= 15 is 0 Å². The molecule has 3 heterocycles. The van der Waals surface area contributed by atoms with Crippen LogP contribution in [0.1, 0.15) is 32.3 Å². The molecule has 2 saturated heterocycles. The van der Waals surface area contributed by atoms with Crippen LogP contribution in [0.4, 0.5) is 10.2 Å². The van der Waals surface area contributed by atoms with Gasteiger partial charge in [0.25, 0.3) is 11.9 Å². The quantitative estimate of drug-likeness (QED) is 0.502. The summed E-state index contributed by atoms with van der Waals surface area (Å²) in [6.45, 7) is 5.78. The summed E-state index contributed by atoms with van der Waals surface area (Å²) in [7, 11) is 0. The van der Waals surface area contributed by atoms with E-state index in [9.17, 15) is 9.18 Å². The predicted octanol–water partition coefficient (Wildman–Crippen LogP) is 2.26. The molecule has 11 nitrogen and oxygen atoms in total. The Kier molecular flexibility index (Phi) is 12.4. The summed E-state index contributed by atoms with van der Waals surface area (Å²) < 4.78 is 24.4. The Bertz CT molecular complexity index is 1030. The number of aromatic nitrogens is 1. The molecule has 4 rings (SSSR count). The van der Waals surface area contributed by atoms with E-state index in [1.807, 2.05) is 17.0 Å². The lowest BCUT2D eigenvalue weighted by atomic mass is 10.0. The summed E-state index contributed by atoms with van der Waals surface area (Å²) in [6, 6.07) is 10.0. The second kappa shape index (κ2) is 15.5. The molecule has 2 aliphatic heterocycles. The zero-order valence-electron chi connectivity index (χ0n) is 21.6. The summed E-state index contributed by atoms with van der Waals surface area (Å²) >= 11 is 0. The smallest absolute Gasteiger partial charge is 0.300 e. The topological polar surface area (TPSA) is 156 Å². The van der Waals surface area contributed by atoms with E-state index in [1.54, 1.807) is 18.3 Å². The number of benzene rings is 1. The van der Waals surface area contributed by atoms with Gasteiger partial charge in [0.15, 0.2) is 0 Å². The lowest BCUT2D eigenvalue weighted by Crippen LogP contribution is -2.55. The van der Waals surface area contributed by atoms with Crippen LogP contribution in [0.2, 0.25) is 0 Å². The first kappa shape index (κ1) is 30.5. The van der Waals surface area contributed by atoms with Gasteiger partial charge >= 0.3 is 0 Å². The highest BCUT2D eigenvalue weighted by Crippen LogP contribution is 2.22. The normalized spacial score (nSPS) is 17.9. The first-order valence-corrected chi connectivity index (χ1v) is 12.1. The fourth-order valence-electron chi connectivity index (χ4n) is 4.06. The molecule has 2 aromatic rings. The minimum atomic E-state index is -0.833. The number of anilines is 1. The van der Waals surface area contributed by atoms with Crippen molar-refractivity contribution >= 4 is 23.7 Å². The maximum Gasteiger partial charge on any atom is 0.300 e. The zero-order valence-corrected chi connectivity index (χ0v) is 21.6. The number of hydrogen-bond donors (Lipinski definition) is 3. The van der Waals surface area contributed by atoms with Gasteiger partial charge < -0.3 is 30.3 Å². The molecule has 12 heteroatoms. The molecule has 1 atom stereocenters. The second-order valence-electron chi connectivity index (χ2n) is 8.88. The fraction of sp³-hybridized carbons (Fsp3) is 0.462. The SMILES string of the molecule is CC(=O)O.CC(=O)O.Nc1cc(CN2CCC(N3CC(COc4ccc(F)cc4)OCC3=O)CC2)ccn1. The van der Waals surface area contributed by atoms with Gasteiger partial charge in [-0.1, -0.05) is 0 Å². The Morgan fingerprint density at radius 1 is 1.13 bits per heavy atom. The number of carbonyl (C=O) groups is 3. The largest absolute Gasteiger partial charge is 0.491 e. The predicted molar refractivity (Wildman–Crippen MR) is 137 cm³/mol. The molecule has 38 heavy (non-hydrogen) atoms. The van der Waals surface area contributed by atoms with Crippen LogP contribution < -0.4 is 10.5 Å². The number of rotatable bonds is 6. The molecule has 208 valence electrons. The zero-order chi connectivity index (χ0) is 28.1. The third-order valence-electron chi connectivity index (χ3n) is 5.66. The van der Waals surface area contributed by atoms with Crippen LogP contribution in [-0.4, -0.2) is 87.8 Å². The van der Waals surface area contributed by atoms with Crippen molar-refractivity contribution in [1.29, 1.82) is 0 Å². The number of morpholine rings is 1. The number of nitrogens with two attached hydrogens (primary N) is 1. The minimum Gasteiger partial charge on any atom is -0.491 e. The van der Waals surface area contributed by atoms with Gasteiger partial charge in [0, 0.05) is 45.7 Å². The molecule has 1 unspecified atom stereocenters. The number of hydrogen-bond acceptors (Lipinski definition) is 8. The highest BCUT2D eigenvalue weighted by Gasteiger charge is 2.33. The average Bonchev–Trinajstić information content (AvgIpc) is 2.84. The number of carboxylic acids is 2. The minimum absolute atomic E-state index is 0.0355. The van der Waals surface area contributed by atoms with Crippen LogP contribution >= 0.6 is 0 Å². The summed E-state index contributed by atoms with van der Waals surface area (Å²) in [5.41, 5.74) is 6.92. The van der Waals surface area contributed by atoms with E-state index in [1.165, 1.54) is 12.1 Å². The molecule has 1 amide bonds. The van der Waals surface area contributed by atoms with Gasteiger partial charge in [0.2, 0.25) is 5.91 Å². The Labute approximate surface area is 221 Å². The second-order valence-corrected chi connectivity index (χ2v) is 8.88. The standard InChI is InChI=1S/C22H27FN4O3.2C2H4O2/c23-17-1-3-19(4-2-17)29-14-20-13-27(22(28)15-30-20)18-6-9-26(10-7-18)12-16-5-8-25-21(24)11-16;2*1-2(3)4/h1-5,8,11,18,20H,6-7,9-10,12-15H2,(H2,24,25);2*1H3,(H,3,4). The van der Waals surface area contributed by atoms with Crippen molar-refractivity contribution in [2.45, 2.75) is 45.4 Å². The molecule has 1 aromatic heterocycles. The van der Waals surface area contributed by atoms with Crippen molar-refractivity contribution in [2.75, 3.05) is 38.6 Å². The van der Waals surface area contributed by atoms with Gasteiger partial charge in [-0.2, -0.15) is 0 Å². The summed E-state index contributed by atoms with van der Waals surface area (Å²) in [5.74, 6) is -0.802. The molecule has 2 fully saturated rings. The van der Waals surface area contributed by atoms with Crippen LogP contribution in [0.5, 0.6) is 5.75 Å². The number of amides is 1. The van der Waals surface area contributed by atoms with Crippen molar-refractivity contribution < 1.29 is 38.5 Å². The number of pyridine rings is 1. The van der Waals surface area contributed by atoms with Gasteiger partial charge in [-0.05, 0) is 54.8 Å². The molecule has 0 radical (unpaired) electrons. The van der Waals surface area contributed by atoms with E-state index in [2.05, 4.69) is 9.88 Å². The third-order valence-corrected chi connectivity index (χ3v) is 5.66. The van der Waals surface area contributed by atoms with Crippen LogP contribution in [0.25, 0.3) is 0 Å². The summed E-state index contributed by atoms with van der Waals surface area (Å²) in [5, 5.41) is 14.8. The Balaban J connectivity index is 0.000000559. The number of likely N-dealkylation sites (tertiary alicyclic amines) is 1. The Morgan fingerprint density at radius 3 is 2.32 bits per heavy atom. The van der Waals surface area contributed by atoms with E-state index < -0.39 is 11.9 Å². The first-order chi connectivity index (χ1) is 18.0. The highest BCUT2D eigenvalue weighted by atomic mass is 19.1. The molecular formula is C26H35FN4O7. The summed E-state index contributed by atoms with van der Waals surface area (Å²) in [4.78, 5) is 38.8. The maximum atomic E-state index is 13.0. The van der Waals surface area contributed by atoms with E-state index in [0.717, 1.165) is 51.9 Å². The lowest BCUT2D eigenvalue weighted by Gasteiger charge is -2.42. The Hall–Kier alpha value is -3.77. The molecular weight excluding hydrogens is 499 g/mol. The number of ether oxygens (including phenoxy) is 2. The molecule has 1 aromatic carbocycles. The van der Waals surface area contributed by atoms with Crippen molar-refractivity contribution in [1.82, 2.24) is 14.8 Å². The maximum absolute atomic E-state index is 13.0. The van der Waals surface area contributed by atoms with Gasteiger partial charge in [-0.3, -0.25) is 19.3 Å². The van der Waals surface area contributed by atoms with Gasteiger partial charge in [0.05, 0.1) is 6.54 Å². The molecule has 0 aliphatic carbocycles. The highest BCUT2D eigenvalue weighted by molar-refractivity contribution is 5.78. The van der Waals surface area contributed by atoms with Crippen molar-refractivity contribution in [3.63, 3.8) is 0 Å². The number of nitrogen functional groups attached to an aromatic ring is 1. The van der Waals surface area contributed by atoms with Gasteiger partial charge in [0.1, 0.15) is 36.7 Å². The number of halogens is 1. The van der Waals surface area contributed by atoms with Crippen molar-refractivity contribution in [3.8, 4) is 5.75 Å². The molecule has 0 bridgehead atoms. The number of aliphatic carboxylic acids is 2. The third kappa shape index (κ3) is 11.5. The van der Waals surface area contributed by atoms with E-state index in [0.29, 0.717) is 24.7 Å². The van der Waals surface area contributed by atoms with Crippen LogP contribution in [0.3, 0.4) is 0 Å². The van der Waals surface area contributed by atoms with Crippen LogP contribution in [0, 0.1) is 5.82 Å². The number of carboxylic acid groups (broad SMARTS) is 2. The monoisotopic (exact) mass is 534 g/mol. The molecule has 2 aliphatic rings. The van der Waals surface area contributed by atoms with Crippen molar-refractivity contribution in [2.24, 2.45) is 0 Å². The van der Waals surface area contributed by atoms with Crippen LogP contribution in [0.15, 0.2) is 42.6 Å². The lowest BCUT2D eigenvalue weighted by molar-refractivity contribution is -0.155. The van der Waals surface area contributed by atoms with Gasteiger partial charge in [-0.25, -0.2) is 9.37 Å². The van der Waals surface area contributed by atoms with Gasteiger partial charge in [-0.15, -0.1) is 0 Å². The number of nitrogens with zero attached hydrogens (tertiary/aromatic N) is 3. The van der Waals surface area contributed by atoms with Crippen LogP contribution in [-0.2, 0) is 25.7 Å². The number of piperidine rings is 1. The first-order valence-electron chi connectivity index (χ1n) is 12.1.